The molecule has 0 saturated carbocycles. The lowest BCUT2D eigenvalue weighted by Gasteiger charge is -2.36. The Morgan fingerprint density at radius 3 is 2.90 bits per heavy atom. The summed E-state index contributed by atoms with van der Waals surface area (Å²) in [4.78, 5) is 12.7. The highest BCUT2D eigenvalue weighted by Gasteiger charge is 2.38. The van der Waals surface area contributed by atoms with E-state index in [0.29, 0.717) is 0 Å². The lowest BCUT2D eigenvalue weighted by atomic mass is 9.76. The molecule has 0 radical (unpaired) electrons. The van der Waals surface area contributed by atoms with Gasteiger partial charge in [-0.2, -0.15) is 0 Å². The molecule has 1 aromatic rings. The zero-order chi connectivity index (χ0) is 14.6. The Bertz CT molecular complexity index is 476. The first-order valence-electron chi connectivity index (χ1n) is 7.36. The fourth-order valence-electron chi connectivity index (χ4n) is 2.94. The van der Waals surface area contributed by atoms with Crippen LogP contribution >= 0.6 is 15.9 Å². The summed E-state index contributed by atoms with van der Waals surface area (Å²) in [6, 6.07) is 6.01. The summed E-state index contributed by atoms with van der Waals surface area (Å²) in [7, 11) is 0. The molecule has 4 heteroatoms. The van der Waals surface area contributed by atoms with Gasteiger partial charge in [-0.3, -0.25) is 4.79 Å². The van der Waals surface area contributed by atoms with E-state index in [1.54, 1.807) is 0 Å². The number of nitrogens with one attached hydrogen (secondary N) is 2. The van der Waals surface area contributed by atoms with Crippen LogP contribution in [0.4, 0.5) is 5.69 Å². The van der Waals surface area contributed by atoms with Crippen molar-refractivity contribution in [1.29, 1.82) is 0 Å². The van der Waals surface area contributed by atoms with E-state index in [1.165, 1.54) is 5.56 Å². The minimum atomic E-state index is -0.253. The van der Waals surface area contributed by atoms with Crippen molar-refractivity contribution in [2.45, 2.75) is 39.5 Å². The molecule has 3 nitrogen and oxygen atoms in total. The van der Waals surface area contributed by atoms with Gasteiger partial charge in [-0.15, -0.1) is 0 Å². The Hall–Kier alpha value is -0.870. The number of anilines is 1. The third-order valence-corrected chi connectivity index (χ3v) is 4.71. The molecule has 1 aliphatic heterocycles. The summed E-state index contributed by atoms with van der Waals surface area (Å²) in [5.74, 6) is 0.149. The van der Waals surface area contributed by atoms with Gasteiger partial charge in [-0.05, 0) is 66.4 Å². The number of rotatable bonds is 4. The standard InChI is InChI=1S/C16H23BrN2O/c1-3-7-16(8-4-9-18-11-16)15(20)19-14-6-5-12(2)10-13(14)17/h5-6,10,18H,3-4,7-9,11H2,1-2H3,(H,19,20). The summed E-state index contributed by atoms with van der Waals surface area (Å²) in [6.45, 7) is 5.99. The summed E-state index contributed by atoms with van der Waals surface area (Å²) in [5.41, 5.74) is 1.79. The van der Waals surface area contributed by atoms with Crippen LogP contribution in [0, 0.1) is 12.3 Å². The van der Waals surface area contributed by atoms with Crippen molar-refractivity contribution in [3.05, 3.63) is 28.2 Å². The van der Waals surface area contributed by atoms with Crippen molar-refractivity contribution < 1.29 is 4.79 Å². The maximum Gasteiger partial charge on any atom is 0.231 e. The zero-order valence-electron chi connectivity index (χ0n) is 12.3. The summed E-state index contributed by atoms with van der Waals surface area (Å²) < 4.78 is 0.946. The molecule has 0 aromatic heterocycles. The molecular formula is C16H23BrN2O. The van der Waals surface area contributed by atoms with Crippen LogP contribution in [0.25, 0.3) is 0 Å². The zero-order valence-corrected chi connectivity index (χ0v) is 13.8. The number of piperidine rings is 1. The second-order valence-electron chi connectivity index (χ2n) is 5.75. The number of hydrogen-bond donors (Lipinski definition) is 2. The van der Waals surface area contributed by atoms with Gasteiger partial charge in [-0.25, -0.2) is 0 Å². The van der Waals surface area contributed by atoms with Gasteiger partial charge < -0.3 is 10.6 Å². The van der Waals surface area contributed by atoms with E-state index in [-0.39, 0.29) is 11.3 Å². The van der Waals surface area contributed by atoms with Gasteiger partial charge in [0.25, 0.3) is 0 Å². The first-order chi connectivity index (χ1) is 9.57. The molecule has 1 atom stereocenters. The Kier molecular flexibility index (Phi) is 5.22. The van der Waals surface area contributed by atoms with E-state index in [4.69, 9.17) is 0 Å². The van der Waals surface area contributed by atoms with Gasteiger partial charge in [0.2, 0.25) is 5.91 Å². The van der Waals surface area contributed by atoms with Crippen molar-refractivity contribution >= 4 is 27.5 Å². The van der Waals surface area contributed by atoms with E-state index in [0.717, 1.165) is 48.9 Å². The first-order valence-corrected chi connectivity index (χ1v) is 8.15. The van der Waals surface area contributed by atoms with Crippen LogP contribution in [0.1, 0.15) is 38.2 Å². The highest BCUT2D eigenvalue weighted by atomic mass is 79.9. The van der Waals surface area contributed by atoms with Crippen LogP contribution in [0.15, 0.2) is 22.7 Å². The fourth-order valence-corrected chi connectivity index (χ4v) is 3.54. The van der Waals surface area contributed by atoms with E-state index in [2.05, 4.69) is 33.5 Å². The molecule has 0 spiro atoms. The number of carbonyl (C=O) groups is 1. The van der Waals surface area contributed by atoms with E-state index in [9.17, 15) is 4.79 Å². The Morgan fingerprint density at radius 1 is 1.50 bits per heavy atom. The molecule has 20 heavy (non-hydrogen) atoms. The third kappa shape index (κ3) is 3.41. The molecule has 1 fully saturated rings. The summed E-state index contributed by atoms with van der Waals surface area (Å²) in [6.07, 6.45) is 4.02. The number of aryl methyl sites for hydroxylation is 1. The quantitative estimate of drug-likeness (QED) is 0.874. The lowest BCUT2D eigenvalue weighted by molar-refractivity contribution is -0.127. The Morgan fingerprint density at radius 2 is 2.30 bits per heavy atom. The second kappa shape index (κ2) is 6.72. The fraction of sp³-hybridized carbons (Fsp3) is 0.562. The largest absolute Gasteiger partial charge is 0.325 e. The van der Waals surface area contributed by atoms with E-state index in [1.807, 2.05) is 25.1 Å². The molecule has 1 unspecified atom stereocenters. The molecule has 1 amide bonds. The van der Waals surface area contributed by atoms with E-state index >= 15 is 0 Å². The SMILES string of the molecule is CCCC1(C(=O)Nc2ccc(C)cc2Br)CCCNC1. The minimum absolute atomic E-state index is 0.149. The molecule has 110 valence electrons. The maximum atomic E-state index is 12.7. The maximum absolute atomic E-state index is 12.7. The first kappa shape index (κ1) is 15.5. The summed E-state index contributed by atoms with van der Waals surface area (Å²) >= 11 is 3.53. The minimum Gasteiger partial charge on any atom is -0.325 e. The van der Waals surface area contributed by atoms with Gasteiger partial charge >= 0.3 is 0 Å². The van der Waals surface area contributed by atoms with Crippen LogP contribution in [0.3, 0.4) is 0 Å². The van der Waals surface area contributed by atoms with Crippen molar-refractivity contribution in [2.24, 2.45) is 5.41 Å². The van der Waals surface area contributed by atoms with Gasteiger partial charge in [-0.1, -0.05) is 19.4 Å². The molecule has 0 aliphatic carbocycles. The van der Waals surface area contributed by atoms with Crippen molar-refractivity contribution in [2.75, 3.05) is 18.4 Å². The highest BCUT2D eigenvalue weighted by Crippen LogP contribution is 2.34. The van der Waals surface area contributed by atoms with Gasteiger partial charge in [0, 0.05) is 11.0 Å². The number of hydrogen-bond acceptors (Lipinski definition) is 2. The predicted molar refractivity (Wildman–Crippen MR) is 87.0 cm³/mol. The smallest absolute Gasteiger partial charge is 0.231 e. The number of amides is 1. The number of benzene rings is 1. The normalized spacial score (nSPS) is 22.6. The number of halogens is 1. The van der Waals surface area contributed by atoms with Crippen molar-refractivity contribution in [1.82, 2.24) is 5.32 Å². The third-order valence-electron chi connectivity index (χ3n) is 4.06. The molecule has 1 aliphatic rings. The van der Waals surface area contributed by atoms with Crippen molar-refractivity contribution in [3.8, 4) is 0 Å². The predicted octanol–water partition coefficient (Wildman–Crippen LogP) is 3.87. The Balaban J connectivity index is 2.15. The molecule has 1 saturated heterocycles. The molecule has 0 bridgehead atoms. The van der Waals surface area contributed by atoms with E-state index < -0.39 is 0 Å². The average Bonchev–Trinajstić information content (AvgIpc) is 2.43. The van der Waals surface area contributed by atoms with Crippen LogP contribution in [-0.4, -0.2) is 19.0 Å². The molecule has 1 aromatic carbocycles. The number of carbonyl (C=O) groups excluding carboxylic acids is 1. The van der Waals surface area contributed by atoms with Crippen LogP contribution in [0.2, 0.25) is 0 Å². The van der Waals surface area contributed by atoms with Gasteiger partial charge in [0.1, 0.15) is 0 Å². The lowest BCUT2D eigenvalue weighted by Crippen LogP contribution is -2.48. The monoisotopic (exact) mass is 338 g/mol. The molecule has 1 heterocycles. The molecular weight excluding hydrogens is 316 g/mol. The Labute approximate surface area is 129 Å². The van der Waals surface area contributed by atoms with Crippen molar-refractivity contribution in [3.63, 3.8) is 0 Å². The second-order valence-corrected chi connectivity index (χ2v) is 6.60. The van der Waals surface area contributed by atoms with Crippen LogP contribution < -0.4 is 10.6 Å². The molecule has 2 rings (SSSR count). The van der Waals surface area contributed by atoms with Gasteiger partial charge in [0.05, 0.1) is 11.1 Å². The van der Waals surface area contributed by atoms with Crippen LogP contribution in [0.5, 0.6) is 0 Å². The topological polar surface area (TPSA) is 41.1 Å². The van der Waals surface area contributed by atoms with Gasteiger partial charge in [0.15, 0.2) is 0 Å². The molecule has 2 N–H and O–H groups in total. The average molecular weight is 339 g/mol. The van der Waals surface area contributed by atoms with Crippen LogP contribution in [-0.2, 0) is 4.79 Å². The highest BCUT2D eigenvalue weighted by molar-refractivity contribution is 9.10. The summed E-state index contributed by atoms with van der Waals surface area (Å²) in [5, 5.41) is 6.49.